The van der Waals surface area contributed by atoms with E-state index in [0.29, 0.717) is 0 Å². The predicted molar refractivity (Wildman–Crippen MR) is 83.7 cm³/mol. The molecule has 50 heavy (non-hydrogen) atoms. The Morgan fingerprint density at radius 2 is 0.380 bits per heavy atom. The van der Waals surface area contributed by atoms with Crippen LogP contribution in [-0.2, 0) is 19.4 Å². The van der Waals surface area contributed by atoms with Crippen LogP contribution in [0.2, 0.25) is 0 Å². The zero-order chi connectivity index (χ0) is 41.6. The van der Waals surface area contributed by atoms with Crippen LogP contribution in [0.1, 0.15) is 0 Å². The van der Waals surface area contributed by atoms with Gasteiger partial charge in [-0.05, 0) is 0 Å². The summed E-state index contributed by atoms with van der Waals surface area (Å²) in [5.74, 6) is -117. The molecule has 0 bridgehead atoms. The first-order valence-corrected chi connectivity index (χ1v) is 10.2. The molecule has 0 radical (unpaired) electrons. The van der Waals surface area contributed by atoms with Crippen LogP contribution in [0.25, 0.3) is 0 Å². The summed E-state index contributed by atoms with van der Waals surface area (Å²) in [4.78, 5) is 25.0. The fraction of sp³-hybridized carbons (Fsp3) is 0.875. The molecule has 0 aromatic rings. The van der Waals surface area contributed by atoms with Crippen LogP contribution in [-0.4, -0.2) is 95.4 Å². The second-order valence-corrected chi connectivity index (χ2v) is 8.63. The average Bonchev–Trinajstić information content (AvgIpc) is 2.88. The van der Waals surface area contributed by atoms with E-state index in [1.54, 1.807) is 9.78 Å². The molecule has 0 heterocycles. The minimum atomic E-state index is -9.17. The maximum atomic E-state index is 13.5. The van der Waals surface area contributed by atoms with Crippen LogP contribution in [0.4, 0.5) is 132 Å². The molecule has 0 atom stereocenters. The molecule has 4 nitrogen and oxygen atoms in total. The van der Waals surface area contributed by atoms with Gasteiger partial charge in [-0.25, -0.2) is 19.4 Å². The van der Waals surface area contributed by atoms with E-state index in [0.717, 1.165) is 0 Å². The van der Waals surface area contributed by atoms with Gasteiger partial charge in [0.05, 0.1) is 0 Å². The molecule has 0 saturated carbocycles. The molecule has 0 unspecified atom stereocenters. The third kappa shape index (κ3) is 5.81. The van der Waals surface area contributed by atoms with Gasteiger partial charge in [0.15, 0.2) is 0 Å². The standard InChI is InChI=1S/C16F30O4/c17-3(18,5(21,22)7(25,26)9(29,30)11(33,34)13(37,38)15(41,42)43)1(47)49-50-2(48)4(19,20)6(23,24)8(27,28)10(31,32)12(35,36)14(39,40)16(44,45)46. The van der Waals surface area contributed by atoms with E-state index in [1.165, 1.54) is 0 Å². The maximum Gasteiger partial charge on any atom is 0.460 e. The Bertz CT molecular complexity index is 1190. The fourth-order valence-corrected chi connectivity index (χ4v) is 2.37. The van der Waals surface area contributed by atoms with Gasteiger partial charge in [0.2, 0.25) is 0 Å². The van der Waals surface area contributed by atoms with E-state index in [-0.39, 0.29) is 0 Å². The third-order valence-corrected chi connectivity index (χ3v) is 5.36. The second kappa shape index (κ2) is 11.7. The number of carbonyl (C=O) groups is 2. The molecule has 0 spiro atoms. The Labute approximate surface area is 248 Å². The van der Waals surface area contributed by atoms with Crippen LogP contribution in [0.3, 0.4) is 0 Å². The summed E-state index contributed by atoms with van der Waals surface area (Å²) in [6.45, 7) is 0. The van der Waals surface area contributed by atoms with Crippen molar-refractivity contribution in [2.75, 3.05) is 0 Å². The molecule has 0 amide bonds. The summed E-state index contributed by atoms with van der Waals surface area (Å²) < 4.78 is 390. The molecule has 34 heteroatoms. The number of alkyl halides is 30. The Morgan fingerprint density at radius 1 is 0.240 bits per heavy atom. The van der Waals surface area contributed by atoms with Crippen LogP contribution < -0.4 is 0 Å². The van der Waals surface area contributed by atoms with Crippen molar-refractivity contribution in [1.29, 1.82) is 0 Å². The molecule has 298 valence electrons. The molecule has 0 aliphatic rings. The summed E-state index contributed by atoms with van der Waals surface area (Å²) in [7, 11) is 0. The van der Waals surface area contributed by atoms with Gasteiger partial charge < -0.3 is 0 Å². The normalized spacial score (nSPS) is 16.4. The highest BCUT2D eigenvalue weighted by Gasteiger charge is 2.96. The number of rotatable bonds is 12. The van der Waals surface area contributed by atoms with Gasteiger partial charge in [-0.3, -0.25) is 0 Å². The first-order valence-electron chi connectivity index (χ1n) is 10.2. The smallest absolute Gasteiger partial charge is 0.240 e. The Balaban J connectivity index is 6.71. The highest BCUT2D eigenvalue weighted by molar-refractivity contribution is 5.82. The third-order valence-electron chi connectivity index (χ3n) is 5.36. The summed E-state index contributed by atoms with van der Waals surface area (Å²) in [6.07, 6.45) is -16.3. The zero-order valence-corrected chi connectivity index (χ0v) is 21.0. The minimum absolute atomic E-state index is 1.64. The highest BCUT2D eigenvalue weighted by Crippen LogP contribution is 2.64. The van der Waals surface area contributed by atoms with Crippen molar-refractivity contribution in [2.24, 2.45) is 0 Å². The molecule has 0 aliphatic carbocycles. The second-order valence-electron chi connectivity index (χ2n) is 8.63. The van der Waals surface area contributed by atoms with E-state index in [4.69, 9.17) is 0 Å². The quantitative estimate of drug-likeness (QED) is 0.112. The van der Waals surface area contributed by atoms with Crippen molar-refractivity contribution >= 4 is 11.9 Å². The van der Waals surface area contributed by atoms with Gasteiger partial charge in [-0.2, -0.15) is 132 Å². The Hall–Kier alpha value is -3.16. The van der Waals surface area contributed by atoms with Crippen molar-refractivity contribution in [3.8, 4) is 0 Å². The van der Waals surface area contributed by atoms with E-state index < -0.39 is 95.4 Å². The summed E-state index contributed by atoms with van der Waals surface area (Å²) in [5.41, 5.74) is 0. The van der Waals surface area contributed by atoms with Crippen molar-refractivity contribution in [2.45, 2.75) is 83.4 Å². The summed E-state index contributed by atoms with van der Waals surface area (Å²) >= 11 is 0. The lowest BCUT2D eigenvalue weighted by Crippen LogP contribution is -2.73. The first-order chi connectivity index (χ1) is 21.0. The molecule has 0 aromatic carbocycles. The molecule has 0 aromatic heterocycles. The Kier molecular flexibility index (Phi) is 10.9. The van der Waals surface area contributed by atoms with Gasteiger partial charge in [0, 0.05) is 0 Å². The molecule has 0 aliphatic heterocycles. The van der Waals surface area contributed by atoms with E-state index in [2.05, 4.69) is 0 Å². The van der Waals surface area contributed by atoms with Crippen LogP contribution in [0, 0.1) is 0 Å². The van der Waals surface area contributed by atoms with Gasteiger partial charge in [-0.1, -0.05) is 0 Å². The van der Waals surface area contributed by atoms with E-state index in [1.807, 2.05) is 0 Å². The van der Waals surface area contributed by atoms with Crippen molar-refractivity contribution in [3.05, 3.63) is 0 Å². The Morgan fingerprint density at radius 3 is 0.540 bits per heavy atom. The summed E-state index contributed by atoms with van der Waals surface area (Å²) in [6, 6.07) is 0. The monoisotopic (exact) mass is 826 g/mol. The molecule has 0 saturated heterocycles. The lowest BCUT2D eigenvalue weighted by Gasteiger charge is -2.41. The predicted octanol–water partition coefficient (Wildman–Crippen LogP) is 8.74. The molecular formula is C16F30O4. The number of halogens is 30. The topological polar surface area (TPSA) is 52.6 Å². The average molecular weight is 826 g/mol. The zero-order valence-electron chi connectivity index (χ0n) is 21.0. The molecule has 0 N–H and O–H groups in total. The summed E-state index contributed by atoms with van der Waals surface area (Å²) in [5, 5.41) is 0. The largest absolute Gasteiger partial charge is 0.460 e. The lowest BCUT2D eigenvalue weighted by molar-refractivity contribution is -0.453. The number of hydrogen-bond acceptors (Lipinski definition) is 4. The van der Waals surface area contributed by atoms with Crippen LogP contribution in [0.15, 0.2) is 0 Å². The minimum Gasteiger partial charge on any atom is -0.240 e. The van der Waals surface area contributed by atoms with E-state index in [9.17, 15) is 141 Å². The van der Waals surface area contributed by atoms with Gasteiger partial charge in [0.25, 0.3) is 0 Å². The van der Waals surface area contributed by atoms with Crippen molar-refractivity contribution < 1.29 is 151 Å². The number of carbonyl (C=O) groups excluding carboxylic acids is 2. The first kappa shape index (κ1) is 46.8. The van der Waals surface area contributed by atoms with Crippen molar-refractivity contribution in [1.82, 2.24) is 0 Å². The van der Waals surface area contributed by atoms with Crippen molar-refractivity contribution in [3.63, 3.8) is 0 Å². The van der Waals surface area contributed by atoms with Gasteiger partial charge in [-0.15, -0.1) is 0 Å². The van der Waals surface area contributed by atoms with Gasteiger partial charge >= 0.3 is 95.4 Å². The SMILES string of the molecule is O=C(OOC(=O)C(F)(F)C(F)(F)C(F)(F)C(F)(F)C(F)(F)C(F)(F)C(F)(F)F)C(F)(F)C(F)(F)C(F)(F)C(F)(F)C(F)(F)C(F)(F)C(F)(F)F. The molecular weight excluding hydrogens is 826 g/mol. The van der Waals surface area contributed by atoms with Crippen LogP contribution >= 0.6 is 0 Å². The maximum absolute atomic E-state index is 13.5. The van der Waals surface area contributed by atoms with Gasteiger partial charge in [0.1, 0.15) is 0 Å². The fourth-order valence-electron chi connectivity index (χ4n) is 2.37. The molecule has 0 fully saturated rings. The van der Waals surface area contributed by atoms with E-state index >= 15 is 0 Å². The van der Waals surface area contributed by atoms with Crippen LogP contribution in [0.5, 0.6) is 0 Å². The highest BCUT2D eigenvalue weighted by atomic mass is 19.4. The lowest BCUT2D eigenvalue weighted by atomic mass is 9.91. The molecule has 0 rings (SSSR count). The number of hydrogen-bond donors (Lipinski definition) is 0.